The van der Waals surface area contributed by atoms with Crippen molar-refractivity contribution in [2.75, 3.05) is 21.1 Å². The molecule has 0 saturated carbocycles. The number of aryl methyl sites for hydroxylation is 1. The van der Waals surface area contributed by atoms with Crippen molar-refractivity contribution in [3.63, 3.8) is 0 Å². The van der Waals surface area contributed by atoms with Crippen molar-refractivity contribution in [3.05, 3.63) is 52.9 Å². The van der Waals surface area contributed by atoms with Gasteiger partial charge in [0.15, 0.2) is 11.7 Å². The van der Waals surface area contributed by atoms with Crippen LogP contribution >= 0.6 is 0 Å². The molecule has 0 saturated heterocycles. The summed E-state index contributed by atoms with van der Waals surface area (Å²) in [5.74, 6) is 1.43. The Kier molecular flexibility index (Phi) is 6.56. The van der Waals surface area contributed by atoms with E-state index in [1.165, 1.54) is 0 Å². The number of aliphatic imine (C=N–C) groups is 1. The Morgan fingerprint density at radius 1 is 1.20 bits per heavy atom. The van der Waals surface area contributed by atoms with Crippen LogP contribution in [0.3, 0.4) is 0 Å². The summed E-state index contributed by atoms with van der Waals surface area (Å²) in [4.78, 5) is 17.6. The van der Waals surface area contributed by atoms with Crippen molar-refractivity contribution in [2.24, 2.45) is 4.99 Å². The van der Waals surface area contributed by atoms with Crippen LogP contribution in [0.4, 0.5) is 0 Å². The van der Waals surface area contributed by atoms with Gasteiger partial charge in [0.25, 0.3) is 5.91 Å². The summed E-state index contributed by atoms with van der Waals surface area (Å²) < 4.78 is 5.24. The predicted octanol–water partition coefficient (Wildman–Crippen LogP) is 1.80. The molecule has 0 aliphatic heterocycles. The van der Waals surface area contributed by atoms with Crippen LogP contribution in [0, 0.1) is 0 Å². The molecule has 0 fully saturated rings. The zero-order valence-corrected chi connectivity index (χ0v) is 15.2. The molecule has 0 radical (unpaired) electrons. The smallest absolute Gasteiger partial charge is 0.253 e. The van der Waals surface area contributed by atoms with Gasteiger partial charge in [-0.25, -0.2) is 0 Å². The minimum atomic E-state index is -0.00417. The maximum absolute atomic E-state index is 11.9. The third-order valence-electron chi connectivity index (χ3n) is 3.69. The van der Waals surface area contributed by atoms with E-state index in [4.69, 9.17) is 4.52 Å². The highest BCUT2D eigenvalue weighted by Gasteiger charge is 2.08. The van der Waals surface area contributed by atoms with Gasteiger partial charge in [0.2, 0.25) is 0 Å². The van der Waals surface area contributed by atoms with E-state index in [0.29, 0.717) is 24.6 Å². The van der Waals surface area contributed by atoms with Crippen LogP contribution in [-0.4, -0.2) is 43.1 Å². The number of rotatable bonds is 6. The van der Waals surface area contributed by atoms with E-state index >= 15 is 0 Å². The van der Waals surface area contributed by atoms with Crippen LogP contribution in [0.25, 0.3) is 0 Å². The number of nitrogens with one attached hydrogen (secondary N) is 2. The first-order valence-corrected chi connectivity index (χ1v) is 8.23. The number of aromatic nitrogens is 1. The molecule has 0 spiro atoms. The van der Waals surface area contributed by atoms with Crippen molar-refractivity contribution in [1.82, 2.24) is 20.7 Å². The number of amides is 1. The van der Waals surface area contributed by atoms with E-state index in [9.17, 15) is 4.79 Å². The van der Waals surface area contributed by atoms with Gasteiger partial charge in [-0.3, -0.25) is 9.79 Å². The largest absolute Gasteiger partial charge is 0.359 e. The standard InChI is InChI=1S/C18H25N5O2/c1-5-15-10-16(25-22-15)12-21-18(19-2)20-11-13-6-8-14(9-7-13)17(24)23(3)4/h6-10H,5,11-12H2,1-4H3,(H2,19,20,21). The molecule has 2 N–H and O–H groups in total. The van der Waals surface area contributed by atoms with E-state index in [1.807, 2.05) is 37.3 Å². The molecule has 0 unspecified atom stereocenters. The Morgan fingerprint density at radius 2 is 1.88 bits per heavy atom. The molecule has 0 bridgehead atoms. The normalized spacial score (nSPS) is 11.3. The first kappa shape index (κ1) is 18.5. The highest BCUT2D eigenvalue weighted by molar-refractivity contribution is 5.93. The number of nitrogens with zero attached hydrogens (tertiary/aromatic N) is 3. The average molecular weight is 343 g/mol. The second-order valence-electron chi connectivity index (χ2n) is 5.81. The number of carbonyl (C=O) groups is 1. The Bertz CT molecular complexity index is 719. The van der Waals surface area contributed by atoms with Crippen LogP contribution < -0.4 is 10.6 Å². The Balaban J connectivity index is 1.84. The molecule has 7 heteroatoms. The minimum absolute atomic E-state index is 0.00417. The van der Waals surface area contributed by atoms with Gasteiger partial charge >= 0.3 is 0 Å². The first-order valence-electron chi connectivity index (χ1n) is 8.23. The zero-order valence-electron chi connectivity index (χ0n) is 15.2. The summed E-state index contributed by atoms with van der Waals surface area (Å²) in [5.41, 5.74) is 2.67. The first-order chi connectivity index (χ1) is 12.0. The molecule has 2 aromatic rings. The third kappa shape index (κ3) is 5.34. The Hall–Kier alpha value is -2.83. The van der Waals surface area contributed by atoms with Gasteiger partial charge in [0, 0.05) is 39.3 Å². The highest BCUT2D eigenvalue weighted by atomic mass is 16.5. The molecule has 0 aliphatic carbocycles. The molecule has 2 rings (SSSR count). The van der Waals surface area contributed by atoms with Gasteiger partial charge in [-0.2, -0.15) is 0 Å². The van der Waals surface area contributed by atoms with E-state index in [1.54, 1.807) is 26.0 Å². The molecular formula is C18H25N5O2. The quantitative estimate of drug-likeness (QED) is 0.617. The number of benzene rings is 1. The molecule has 1 heterocycles. The van der Waals surface area contributed by atoms with Crippen molar-refractivity contribution >= 4 is 11.9 Å². The van der Waals surface area contributed by atoms with E-state index in [0.717, 1.165) is 23.4 Å². The fraction of sp³-hybridized carbons (Fsp3) is 0.389. The van der Waals surface area contributed by atoms with Crippen LogP contribution in [-0.2, 0) is 19.5 Å². The second-order valence-corrected chi connectivity index (χ2v) is 5.81. The predicted molar refractivity (Wildman–Crippen MR) is 97.4 cm³/mol. The van der Waals surface area contributed by atoms with Crippen LogP contribution in [0.15, 0.2) is 39.8 Å². The van der Waals surface area contributed by atoms with Gasteiger partial charge in [0.1, 0.15) is 0 Å². The average Bonchev–Trinajstić information content (AvgIpc) is 3.09. The fourth-order valence-corrected chi connectivity index (χ4v) is 2.21. The minimum Gasteiger partial charge on any atom is -0.359 e. The molecule has 7 nitrogen and oxygen atoms in total. The molecular weight excluding hydrogens is 318 g/mol. The maximum atomic E-state index is 11.9. The van der Waals surface area contributed by atoms with Crippen LogP contribution in [0.1, 0.15) is 34.3 Å². The van der Waals surface area contributed by atoms with Gasteiger partial charge in [-0.1, -0.05) is 24.2 Å². The monoisotopic (exact) mass is 343 g/mol. The lowest BCUT2D eigenvalue weighted by Crippen LogP contribution is -2.36. The van der Waals surface area contributed by atoms with Gasteiger partial charge in [0.05, 0.1) is 12.2 Å². The summed E-state index contributed by atoms with van der Waals surface area (Å²) in [6, 6.07) is 9.45. The van der Waals surface area contributed by atoms with Gasteiger partial charge < -0.3 is 20.1 Å². The zero-order chi connectivity index (χ0) is 18.2. The van der Waals surface area contributed by atoms with Crippen molar-refractivity contribution in [2.45, 2.75) is 26.4 Å². The second kappa shape index (κ2) is 8.86. The number of guanidine groups is 1. The van der Waals surface area contributed by atoms with E-state index < -0.39 is 0 Å². The van der Waals surface area contributed by atoms with E-state index in [-0.39, 0.29) is 5.91 Å². The summed E-state index contributed by atoms with van der Waals surface area (Å²) >= 11 is 0. The summed E-state index contributed by atoms with van der Waals surface area (Å²) in [6.07, 6.45) is 0.850. The molecule has 0 atom stereocenters. The number of carbonyl (C=O) groups excluding carboxylic acids is 1. The molecule has 0 aliphatic rings. The van der Waals surface area contributed by atoms with Gasteiger partial charge in [-0.05, 0) is 24.1 Å². The molecule has 1 aromatic carbocycles. The summed E-state index contributed by atoms with van der Waals surface area (Å²) in [6.45, 7) is 3.16. The molecule has 1 aromatic heterocycles. The maximum Gasteiger partial charge on any atom is 0.253 e. The summed E-state index contributed by atoms with van der Waals surface area (Å²) in [7, 11) is 5.20. The number of hydrogen-bond donors (Lipinski definition) is 2. The topological polar surface area (TPSA) is 82.8 Å². The lowest BCUT2D eigenvalue weighted by molar-refractivity contribution is 0.0827. The lowest BCUT2D eigenvalue weighted by atomic mass is 10.1. The van der Waals surface area contributed by atoms with E-state index in [2.05, 4.69) is 20.8 Å². The Labute approximate surface area is 148 Å². The summed E-state index contributed by atoms with van der Waals surface area (Å²) in [5, 5.41) is 10.4. The lowest BCUT2D eigenvalue weighted by Gasteiger charge is -2.12. The van der Waals surface area contributed by atoms with Crippen LogP contribution in [0.5, 0.6) is 0 Å². The highest BCUT2D eigenvalue weighted by Crippen LogP contribution is 2.06. The molecule has 1 amide bonds. The van der Waals surface area contributed by atoms with Crippen LogP contribution in [0.2, 0.25) is 0 Å². The molecule has 134 valence electrons. The van der Waals surface area contributed by atoms with Crippen molar-refractivity contribution in [1.29, 1.82) is 0 Å². The fourth-order valence-electron chi connectivity index (χ4n) is 2.21. The van der Waals surface area contributed by atoms with Gasteiger partial charge in [-0.15, -0.1) is 0 Å². The SMILES string of the molecule is CCc1cc(CNC(=NC)NCc2ccc(C(=O)N(C)C)cc2)on1. The van der Waals surface area contributed by atoms with Crippen molar-refractivity contribution < 1.29 is 9.32 Å². The number of hydrogen-bond acceptors (Lipinski definition) is 4. The third-order valence-corrected chi connectivity index (χ3v) is 3.69. The Morgan fingerprint density at radius 3 is 2.44 bits per heavy atom. The molecule has 25 heavy (non-hydrogen) atoms. The van der Waals surface area contributed by atoms with Crippen molar-refractivity contribution in [3.8, 4) is 0 Å².